The summed E-state index contributed by atoms with van der Waals surface area (Å²) in [4.78, 5) is 36.4. The van der Waals surface area contributed by atoms with Gasteiger partial charge in [0, 0.05) is 32.1 Å². The lowest BCUT2D eigenvalue weighted by Gasteiger charge is -2.36. The molecule has 0 bridgehead atoms. The number of urea groups is 1. The summed E-state index contributed by atoms with van der Waals surface area (Å²) in [7, 11) is 1.23. The molecule has 8 nitrogen and oxygen atoms in total. The number of nitrogens with zero attached hydrogens (tertiary/aromatic N) is 1. The molecule has 0 aromatic rings. The topological polar surface area (TPSA) is 105 Å². The van der Waals surface area contributed by atoms with Crippen LogP contribution < -0.4 is 5.32 Å². The number of aliphatic carboxylic acids is 1. The van der Waals surface area contributed by atoms with E-state index >= 15 is 0 Å². The highest BCUT2D eigenvalue weighted by atomic mass is 16.5. The maximum atomic E-state index is 12.3. The zero-order valence-corrected chi connectivity index (χ0v) is 12.5. The minimum Gasteiger partial charge on any atom is -0.480 e. The summed E-state index contributed by atoms with van der Waals surface area (Å²) in [6.07, 6.45) is 0.385. The molecule has 0 saturated carbocycles. The third-order valence-corrected chi connectivity index (χ3v) is 3.51. The fourth-order valence-corrected chi connectivity index (χ4v) is 2.08. The average molecular weight is 302 g/mol. The van der Waals surface area contributed by atoms with E-state index in [1.165, 1.54) is 12.0 Å². The molecule has 0 aliphatic carbocycles. The molecule has 1 saturated heterocycles. The van der Waals surface area contributed by atoms with Gasteiger partial charge in [0.2, 0.25) is 0 Å². The van der Waals surface area contributed by atoms with Gasteiger partial charge in [0.25, 0.3) is 0 Å². The molecule has 8 heteroatoms. The van der Waals surface area contributed by atoms with Crippen LogP contribution in [0.3, 0.4) is 0 Å². The first-order chi connectivity index (χ1) is 9.82. The molecule has 120 valence electrons. The molecular weight excluding hydrogens is 280 g/mol. The van der Waals surface area contributed by atoms with Gasteiger partial charge in [-0.2, -0.15) is 0 Å². The van der Waals surface area contributed by atoms with Crippen molar-refractivity contribution in [1.82, 2.24) is 10.2 Å². The number of amides is 2. The molecule has 1 rings (SSSR count). The van der Waals surface area contributed by atoms with Crippen LogP contribution in [-0.2, 0) is 19.1 Å². The van der Waals surface area contributed by atoms with Gasteiger partial charge in [0.15, 0.2) is 0 Å². The van der Waals surface area contributed by atoms with Gasteiger partial charge in [-0.15, -0.1) is 0 Å². The number of nitrogens with one attached hydrogen (secondary N) is 1. The van der Waals surface area contributed by atoms with Crippen molar-refractivity contribution in [2.75, 3.05) is 26.9 Å². The monoisotopic (exact) mass is 302 g/mol. The summed E-state index contributed by atoms with van der Waals surface area (Å²) >= 11 is 0. The highest BCUT2D eigenvalue weighted by Crippen LogP contribution is 2.21. The lowest BCUT2D eigenvalue weighted by molar-refractivity contribution is -0.148. The van der Waals surface area contributed by atoms with E-state index in [1.54, 1.807) is 13.8 Å². The molecule has 1 aliphatic rings. The minimum absolute atomic E-state index is 0.193. The molecule has 0 unspecified atom stereocenters. The van der Waals surface area contributed by atoms with Gasteiger partial charge in [-0.05, 0) is 13.8 Å². The Morgan fingerprint density at radius 3 is 2.33 bits per heavy atom. The van der Waals surface area contributed by atoms with Crippen molar-refractivity contribution < 1.29 is 29.0 Å². The van der Waals surface area contributed by atoms with Crippen LogP contribution in [0.2, 0.25) is 0 Å². The van der Waals surface area contributed by atoms with E-state index in [-0.39, 0.29) is 38.6 Å². The molecule has 0 spiro atoms. The number of carbonyl (C=O) groups excluding carboxylic acids is 2. The molecule has 2 amide bonds. The van der Waals surface area contributed by atoms with Crippen LogP contribution in [0.5, 0.6) is 0 Å². The zero-order valence-electron chi connectivity index (χ0n) is 12.5. The molecular formula is C13H22N2O6. The van der Waals surface area contributed by atoms with Crippen molar-refractivity contribution in [3.63, 3.8) is 0 Å². The molecule has 0 radical (unpaired) electrons. The SMILES string of the molecule is COC(=O)CN(C(=O)NC1(C(=O)O)CCOCC1)C(C)C. The maximum absolute atomic E-state index is 12.3. The van der Waals surface area contributed by atoms with E-state index in [0.29, 0.717) is 0 Å². The van der Waals surface area contributed by atoms with Crippen LogP contribution in [0.1, 0.15) is 26.7 Å². The van der Waals surface area contributed by atoms with Gasteiger partial charge in [-0.1, -0.05) is 0 Å². The van der Waals surface area contributed by atoms with Gasteiger partial charge in [0.1, 0.15) is 12.1 Å². The summed E-state index contributed by atoms with van der Waals surface area (Å²) in [5, 5.41) is 11.9. The van der Waals surface area contributed by atoms with E-state index in [1.807, 2.05) is 0 Å². The van der Waals surface area contributed by atoms with E-state index < -0.39 is 23.5 Å². The third kappa shape index (κ3) is 4.32. The molecule has 2 N–H and O–H groups in total. The largest absolute Gasteiger partial charge is 0.480 e. The number of methoxy groups -OCH3 is 1. The normalized spacial score (nSPS) is 17.1. The van der Waals surface area contributed by atoms with E-state index in [0.717, 1.165) is 0 Å². The Labute approximate surface area is 123 Å². The summed E-state index contributed by atoms with van der Waals surface area (Å²) in [5.41, 5.74) is -1.35. The number of carboxylic acids is 1. The summed E-state index contributed by atoms with van der Waals surface area (Å²) in [5.74, 6) is -1.66. The van der Waals surface area contributed by atoms with Gasteiger partial charge >= 0.3 is 18.0 Å². The first-order valence-corrected chi connectivity index (χ1v) is 6.79. The third-order valence-electron chi connectivity index (χ3n) is 3.51. The Kier molecular flexibility index (Phi) is 5.95. The zero-order chi connectivity index (χ0) is 16.0. The Hall–Kier alpha value is -1.83. The lowest BCUT2D eigenvalue weighted by atomic mass is 9.90. The number of hydrogen-bond acceptors (Lipinski definition) is 5. The predicted molar refractivity (Wildman–Crippen MR) is 72.8 cm³/mol. The smallest absolute Gasteiger partial charge is 0.329 e. The first kappa shape index (κ1) is 17.2. The number of carbonyl (C=O) groups is 3. The fraction of sp³-hybridized carbons (Fsp3) is 0.769. The summed E-state index contributed by atoms with van der Waals surface area (Å²) < 4.78 is 9.69. The predicted octanol–water partition coefficient (Wildman–Crippen LogP) is 0.213. The standard InChI is InChI=1S/C13H22N2O6/c1-9(2)15(8-10(16)20-3)12(19)14-13(11(17)18)4-6-21-7-5-13/h9H,4-8H2,1-3H3,(H,14,19)(H,17,18). The Morgan fingerprint density at radius 1 is 1.33 bits per heavy atom. The second-order valence-electron chi connectivity index (χ2n) is 5.23. The number of carboxylic acid groups (broad SMARTS) is 1. The van der Waals surface area contributed by atoms with E-state index in [4.69, 9.17) is 4.74 Å². The van der Waals surface area contributed by atoms with Gasteiger partial charge in [-0.3, -0.25) is 4.79 Å². The Balaban J connectivity index is 2.83. The molecule has 1 heterocycles. The van der Waals surface area contributed by atoms with E-state index in [2.05, 4.69) is 10.1 Å². The van der Waals surface area contributed by atoms with Crippen LogP contribution in [0.4, 0.5) is 4.79 Å². The minimum atomic E-state index is -1.35. The second-order valence-corrected chi connectivity index (χ2v) is 5.23. The Bertz CT molecular complexity index is 403. The summed E-state index contributed by atoms with van der Waals surface area (Å²) in [6.45, 7) is 3.78. The molecule has 1 aliphatic heterocycles. The lowest BCUT2D eigenvalue weighted by Crippen LogP contribution is -2.61. The van der Waals surface area contributed by atoms with Crippen molar-refractivity contribution in [2.24, 2.45) is 0 Å². The number of esters is 1. The summed E-state index contributed by atoms with van der Waals surface area (Å²) in [6, 6.07) is -0.866. The molecule has 0 atom stereocenters. The van der Waals surface area contributed by atoms with Gasteiger partial charge in [0.05, 0.1) is 7.11 Å². The van der Waals surface area contributed by atoms with Crippen molar-refractivity contribution >= 4 is 18.0 Å². The van der Waals surface area contributed by atoms with Crippen molar-refractivity contribution in [3.05, 3.63) is 0 Å². The van der Waals surface area contributed by atoms with Crippen LogP contribution in [0.15, 0.2) is 0 Å². The maximum Gasteiger partial charge on any atom is 0.329 e. The van der Waals surface area contributed by atoms with E-state index in [9.17, 15) is 19.5 Å². The number of hydrogen-bond donors (Lipinski definition) is 2. The van der Waals surface area contributed by atoms with Crippen molar-refractivity contribution in [3.8, 4) is 0 Å². The average Bonchev–Trinajstić information content (AvgIpc) is 2.44. The molecule has 0 aromatic heterocycles. The fourth-order valence-electron chi connectivity index (χ4n) is 2.08. The van der Waals surface area contributed by atoms with Crippen LogP contribution in [0, 0.1) is 0 Å². The quantitative estimate of drug-likeness (QED) is 0.704. The number of ether oxygens (including phenoxy) is 2. The molecule has 0 aromatic carbocycles. The highest BCUT2D eigenvalue weighted by molar-refractivity contribution is 5.88. The highest BCUT2D eigenvalue weighted by Gasteiger charge is 2.42. The van der Waals surface area contributed by atoms with Crippen LogP contribution in [0.25, 0.3) is 0 Å². The van der Waals surface area contributed by atoms with Crippen LogP contribution in [-0.4, -0.2) is 66.4 Å². The van der Waals surface area contributed by atoms with Gasteiger partial charge < -0.3 is 24.8 Å². The number of rotatable bonds is 5. The Morgan fingerprint density at radius 2 is 1.90 bits per heavy atom. The van der Waals surface area contributed by atoms with Crippen molar-refractivity contribution in [2.45, 2.75) is 38.3 Å². The molecule has 1 fully saturated rings. The second kappa shape index (κ2) is 7.26. The van der Waals surface area contributed by atoms with Gasteiger partial charge in [-0.25, -0.2) is 9.59 Å². The first-order valence-electron chi connectivity index (χ1n) is 6.79. The molecule has 21 heavy (non-hydrogen) atoms. The van der Waals surface area contributed by atoms with Crippen LogP contribution >= 0.6 is 0 Å². The van der Waals surface area contributed by atoms with Crippen molar-refractivity contribution in [1.29, 1.82) is 0 Å².